The molecule has 0 saturated heterocycles. The highest BCUT2D eigenvalue weighted by Gasteiger charge is 2.08. The number of benzene rings is 3. The minimum Gasteiger partial charge on any atom is -0.326 e. The molecule has 0 aliphatic carbocycles. The lowest BCUT2D eigenvalue weighted by atomic mass is 10.0. The first-order valence-corrected chi connectivity index (χ1v) is 10.4. The minimum absolute atomic E-state index is 0.176. The minimum atomic E-state index is -0.531. The van der Waals surface area contributed by atoms with Gasteiger partial charge in [0.15, 0.2) is 0 Å². The lowest BCUT2D eigenvalue weighted by Gasteiger charge is -2.09. The summed E-state index contributed by atoms with van der Waals surface area (Å²) < 4.78 is 1.31. The molecule has 4 rings (SSSR count). The molecule has 0 fully saturated rings. The van der Waals surface area contributed by atoms with E-state index in [0.717, 1.165) is 16.7 Å². The molecule has 3 aromatic carbocycles. The maximum Gasteiger partial charge on any atom is 0.332 e. The van der Waals surface area contributed by atoms with E-state index in [1.54, 1.807) is 36.4 Å². The smallest absolute Gasteiger partial charge is 0.326 e. The number of carbonyl (C=O) groups is 1. The molecule has 160 valence electrons. The van der Waals surface area contributed by atoms with Crippen LogP contribution in [0.3, 0.4) is 0 Å². The fourth-order valence-corrected chi connectivity index (χ4v) is 3.55. The van der Waals surface area contributed by atoms with E-state index >= 15 is 0 Å². The van der Waals surface area contributed by atoms with Crippen molar-refractivity contribution in [3.8, 4) is 16.8 Å². The summed E-state index contributed by atoms with van der Waals surface area (Å²) in [5.41, 5.74) is 2.87. The van der Waals surface area contributed by atoms with Gasteiger partial charge in [0.25, 0.3) is 5.56 Å². The Kier molecular flexibility index (Phi) is 6.25. The van der Waals surface area contributed by atoms with Gasteiger partial charge in [0.1, 0.15) is 0 Å². The molecule has 0 aliphatic rings. The number of halogens is 2. The summed E-state index contributed by atoms with van der Waals surface area (Å²) in [5, 5.41) is 3.81. The van der Waals surface area contributed by atoms with E-state index in [4.69, 9.17) is 23.2 Å². The molecule has 0 spiro atoms. The second-order valence-corrected chi connectivity index (χ2v) is 7.90. The number of aromatic nitrogens is 2. The molecule has 0 aliphatic heterocycles. The van der Waals surface area contributed by atoms with Crippen LogP contribution in [-0.2, 0) is 11.2 Å². The Morgan fingerprint density at radius 2 is 1.62 bits per heavy atom. The van der Waals surface area contributed by atoms with Gasteiger partial charge >= 0.3 is 5.69 Å². The van der Waals surface area contributed by atoms with Crippen LogP contribution >= 0.6 is 23.2 Å². The SMILES string of the molecule is O=C(Cc1cccc(-c2ccc(Cl)c(Cl)c2)c1)Nc1ccc(-n2ccc(=O)[nH]c2=O)cc1. The highest BCUT2D eigenvalue weighted by Crippen LogP contribution is 2.29. The number of hydrogen-bond donors (Lipinski definition) is 2. The molecule has 32 heavy (non-hydrogen) atoms. The Bertz CT molecular complexity index is 1410. The predicted octanol–water partition coefficient (Wildman–Crippen LogP) is 4.68. The molecule has 1 amide bonds. The average molecular weight is 466 g/mol. The maximum absolute atomic E-state index is 12.5. The first kappa shape index (κ1) is 21.6. The van der Waals surface area contributed by atoms with Crippen molar-refractivity contribution in [2.24, 2.45) is 0 Å². The third-order valence-corrected chi connectivity index (χ3v) is 5.54. The van der Waals surface area contributed by atoms with Gasteiger partial charge in [0.2, 0.25) is 5.91 Å². The highest BCUT2D eigenvalue weighted by molar-refractivity contribution is 6.42. The lowest BCUT2D eigenvalue weighted by molar-refractivity contribution is -0.115. The largest absolute Gasteiger partial charge is 0.332 e. The number of hydrogen-bond acceptors (Lipinski definition) is 3. The molecule has 0 atom stereocenters. The number of aromatic amines is 1. The van der Waals surface area contributed by atoms with Gasteiger partial charge in [-0.3, -0.25) is 19.1 Å². The first-order valence-electron chi connectivity index (χ1n) is 9.66. The molecule has 0 unspecified atom stereocenters. The predicted molar refractivity (Wildman–Crippen MR) is 127 cm³/mol. The van der Waals surface area contributed by atoms with Crippen molar-refractivity contribution in [2.75, 3.05) is 5.32 Å². The van der Waals surface area contributed by atoms with Crippen molar-refractivity contribution in [1.82, 2.24) is 9.55 Å². The topological polar surface area (TPSA) is 84.0 Å². The average Bonchev–Trinajstić information content (AvgIpc) is 2.76. The van der Waals surface area contributed by atoms with Crippen molar-refractivity contribution >= 4 is 34.8 Å². The van der Waals surface area contributed by atoms with E-state index < -0.39 is 11.2 Å². The zero-order chi connectivity index (χ0) is 22.7. The molecule has 2 N–H and O–H groups in total. The molecule has 1 heterocycles. The van der Waals surface area contributed by atoms with Crippen molar-refractivity contribution < 1.29 is 4.79 Å². The van der Waals surface area contributed by atoms with Gasteiger partial charge in [-0.15, -0.1) is 0 Å². The monoisotopic (exact) mass is 465 g/mol. The van der Waals surface area contributed by atoms with Crippen molar-refractivity contribution in [1.29, 1.82) is 0 Å². The van der Waals surface area contributed by atoms with Crippen LogP contribution in [-0.4, -0.2) is 15.5 Å². The molecule has 8 heteroatoms. The summed E-state index contributed by atoms with van der Waals surface area (Å²) in [4.78, 5) is 37.8. The summed E-state index contributed by atoms with van der Waals surface area (Å²) in [6, 6.07) is 21.1. The Balaban J connectivity index is 1.45. The van der Waals surface area contributed by atoms with Gasteiger partial charge in [0.05, 0.1) is 22.2 Å². The number of amides is 1. The van der Waals surface area contributed by atoms with E-state index in [-0.39, 0.29) is 12.3 Å². The van der Waals surface area contributed by atoms with Gasteiger partial charge in [-0.25, -0.2) is 4.79 Å². The number of anilines is 1. The van der Waals surface area contributed by atoms with Gasteiger partial charge < -0.3 is 5.32 Å². The Hall–Kier alpha value is -3.61. The number of nitrogens with one attached hydrogen (secondary N) is 2. The molecule has 1 aromatic heterocycles. The van der Waals surface area contributed by atoms with E-state index in [0.29, 0.717) is 21.4 Å². The fourth-order valence-electron chi connectivity index (χ4n) is 3.25. The standard InChI is InChI=1S/C24H17Cl2N3O3/c25-20-9-4-17(14-21(20)26)16-3-1-2-15(12-16)13-23(31)27-18-5-7-19(8-6-18)29-11-10-22(30)28-24(29)32/h1-12,14H,13H2,(H,27,31)(H,28,30,32). The maximum atomic E-state index is 12.5. The van der Waals surface area contributed by atoms with Gasteiger partial charge in [-0.2, -0.15) is 0 Å². The molecule has 0 saturated carbocycles. The summed E-state index contributed by atoms with van der Waals surface area (Å²) in [6.07, 6.45) is 1.59. The van der Waals surface area contributed by atoms with Crippen molar-refractivity contribution in [3.63, 3.8) is 0 Å². The fraction of sp³-hybridized carbons (Fsp3) is 0.0417. The molecule has 6 nitrogen and oxygen atoms in total. The lowest BCUT2D eigenvalue weighted by Crippen LogP contribution is -2.27. The van der Waals surface area contributed by atoms with Crippen LogP contribution in [0.2, 0.25) is 10.0 Å². The third-order valence-electron chi connectivity index (χ3n) is 4.80. The Morgan fingerprint density at radius 1 is 0.875 bits per heavy atom. The van der Waals surface area contributed by atoms with E-state index in [2.05, 4.69) is 10.3 Å². The van der Waals surface area contributed by atoms with Gasteiger partial charge in [0, 0.05) is 18.0 Å². The zero-order valence-corrected chi connectivity index (χ0v) is 18.2. The number of nitrogens with zero attached hydrogens (tertiary/aromatic N) is 1. The summed E-state index contributed by atoms with van der Waals surface area (Å²) >= 11 is 12.1. The van der Waals surface area contributed by atoms with Crippen LogP contribution in [0.5, 0.6) is 0 Å². The number of H-pyrrole nitrogens is 1. The van der Waals surface area contributed by atoms with Crippen LogP contribution < -0.4 is 16.6 Å². The summed E-state index contributed by atoms with van der Waals surface area (Å²) in [6.45, 7) is 0. The third kappa shape index (κ3) is 4.99. The Morgan fingerprint density at radius 3 is 2.34 bits per heavy atom. The van der Waals surface area contributed by atoms with Crippen LogP contribution in [0.15, 0.2) is 88.6 Å². The van der Waals surface area contributed by atoms with Crippen LogP contribution in [0.25, 0.3) is 16.8 Å². The zero-order valence-electron chi connectivity index (χ0n) is 16.6. The highest BCUT2D eigenvalue weighted by atomic mass is 35.5. The van der Waals surface area contributed by atoms with E-state index in [1.165, 1.54) is 16.8 Å². The van der Waals surface area contributed by atoms with E-state index in [9.17, 15) is 14.4 Å². The number of rotatable bonds is 5. The van der Waals surface area contributed by atoms with Gasteiger partial charge in [-0.05, 0) is 53.1 Å². The number of carbonyl (C=O) groups excluding carboxylic acids is 1. The normalized spacial score (nSPS) is 10.7. The molecular weight excluding hydrogens is 449 g/mol. The van der Waals surface area contributed by atoms with Crippen molar-refractivity contribution in [2.45, 2.75) is 6.42 Å². The van der Waals surface area contributed by atoms with Crippen LogP contribution in [0.1, 0.15) is 5.56 Å². The van der Waals surface area contributed by atoms with Gasteiger partial charge in [-0.1, -0.05) is 53.5 Å². The van der Waals surface area contributed by atoms with Crippen molar-refractivity contribution in [3.05, 3.63) is 115 Å². The molecular formula is C24H17Cl2N3O3. The molecule has 4 aromatic rings. The Labute approximate surface area is 193 Å². The quantitative estimate of drug-likeness (QED) is 0.448. The first-order chi connectivity index (χ1) is 15.4. The molecule has 0 bridgehead atoms. The second kappa shape index (κ2) is 9.26. The van der Waals surface area contributed by atoms with Crippen LogP contribution in [0.4, 0.5) is 5.69 Å². The van der Waals surface area contributed by atoms with E-state index in [1.807, 2.05) is 30.3 Å². The summed E-state index contributed by atoms with van der Waals surface area (Å²) in [7, 11) is 0. The molecule has 0 radical (unpaired) electrons. The summed E-state index contributed by atoms with van der Waals surface area (Å²) in [5.74, 6) is -0.176. The second-order valence-electron chi connectivity index (χ2n) is 7.08. The van der Waals surface area contributed by atoms with Crippen LogP contribution in [0, 0.1) is 0 Å².